The SMILES string of the molecule is COc1cncc(N2C[C@H]3[C@H](C2)[S+](=O)([O-])C(C)(C)C(=O)N3Cc2ccccc2)c1. The van der Waals surface area contributed by atoms with E-state index < -0.39 is 26.3 Å². The molecular formula is C21H25N3O4S. The molecule has 0 bridgehead atoms. The number of ether oxygens (including phenoxy) is 1. The monoisotopic (exact) mass is 415 g/mol. The number of fused-ring (bicyclic) bond motifs is 1. The third-order valence-corrected chi connectivity index (χ3v) is 8.88. The summed E-state index contributed by atoms with van der Waals surface area (Å²) in [5, 5.41) is -0.648. The summed E-state index contributed by atoms with van der Waals surface area (Å²) in [7, 11) is -2.09. The Kier molecular flexibility index (Phi) is 4.86. The highest BCUT2D eigenvalue weighted by Gasteiger charge is 2.63. The normalized spacial score (nSPS) is 28.3. The van der Waals surface area contributed by atoms with Gasteiger partial charge in [-0.25, -0.2) is 0 Å². The van der Waals surface area contributed by atoms with E-state index in [0.717, 1.165) is 11.3 Å². The molecule has 1 aromatic heterocycles. The number of hydrogen-bond donors (Lipinski definition) is 0. The number of aromatic nitrogens is 1. The van der Waals surface area contributed by atoms with Crippen molar-refractivity contribution in [2.45, 2.75) is 36.4 Å². The molecule has 0 spiro atoms. The van der Waals surface area contributed by atoms with Gasteiger partial charge in [-0.3, -0.25) is 9.78 Å². The molecule has 2 aliphatic heterocycles. The minimum Gasteiger partial charge on any atom is -0.614 e. The summed E-state index contributed by atoms with van der Waals surface area (Å²) < 4.78 is 30.4. The summed E-state index contributed by atoms with van der Waals surface area (Å²) in [5.41, 5.74) is 1.77. The van der Waals surface area contributed by atoms with Gasteiger partial charge in [0.05, 0.1) is 48.0 Å². The van der Waals surface area contributed by atoms with Gasteiger partial charge in [0.25, 0.3) is 5.91 Å². The Balaban J connectivity index is 1.70. The molecule has 7 nitrogen and oxygen atoms in total. The van der Waals surface area contributed by atoms with Crippen LogP contribution in [0.3, 0.4) is 0 Å². The Labute approximate surface area is 171 Å². The molecule has 0 aliphatic carbocycles. The van der Waals surface area contributed by atoms with E-state index in [1.165, 1.54) is 13.8 Å². The zero-order chi connectivity index (χ0) is 20.8. The van der Waals surface area contributed by atoms with Crippen molar-refractivity contribution < 1.29 is 18.3 Å². The average Bonchev–Trinajstić information content (AvgIpc) is 3.17. The summed E-state index contributed by atoms with van der Waals surface area (Å²) in [6.45, 7) is 4.20. The lowest BCUT2D eigenvalue weighted by Crippen LogP contribution is -2.67. The first-order valence-electron chi connectivity index (χ1n) is 9.58. The number of benzene rings is 1. The molecule has 0 radical (unpaired) electrons. The third kappa shape index (κ3) is 3.20. The molecule has 154 valence electrons. The lowest BCUT2D eigenvalue weighted by Gasteiger charge is -2.46. The third-order valence-electron chi connectivity index (χ3n) is 6.02. The van der Waals surface area contributed by atoms with E-state index in [1.54, 1.807) is 24.4 Å². The topological polar surface area (TPSA) is 85.8 Å². The Morgan fingerprint density at radius 3 is 2.66 bits per heavy atom. The number of anilines is 1. The first kappa shape index (κ1) is 19.8. The van der Waals surface area contributed by atoms with Gasteiger partial charge in [0, 0.05) is 19.2 Å². The molecule has 3 heterocycles. The number of amides is 1. The molecule has 1 aromatic carbocycles. The molecule has 1 unspecified atom stereocenters. The summed E-state index contributed by atoms with van der Waals surface area (Å²) >= 11 is 0. The van der Waals surface area contributed by atoms with Gasteiger partial charge in [-0.2, -0.15) is 0 Å². The van der Waals surface area contributed by atoms with Crippen LogP contribution in [0, 0.1) is 0 Å². The smallest absolute Gasteiger partial charge is 0.278 e. The fourth-order valence-electron chi connectivity index (χ4n) is 4.23. The van der Waals surface area contributed by atoms with Crippen molar-refractivity contribution in [1.82, 2.24) is 9.88 Å². The van der Waals surface area contributed by atoms with E-state index in [4.69, 9.17) is 4.74 Å². The van der Waals surface area contributed by atoms with Crippen LogP contribution >= 0.6 is 0 Å². The molecule has 2 saturated heterocycles. The Hall–Kier alpha value is -2.45. The van der Waals surface area contributed by atoms with E-state index in [9.17, 15) is 13.6 Å². The quantitative estimate of drug-likeness (QED) is 0.711. The van der Waals surface area contributed by atoms with Gasteiger partial charge < -0.3 is 19.1 Å². The van der Waals surface area contributed by atoms with Crippen molar-refractivity contribution in [3.05, 3.63) is 54.4 Å². The van der Waals surface area contributed by atoms with E-state index in [-0.39, 0.29) is 5.91 Å². The highest BCUT2D eigenvalue weighted by atomic mass is 32.3. The van der Waals surface area contributed by atoms with Gasteiger partial charge in [0.2, 0.25) is 4.75 Å². The summed E-state index contributed by atoms with van der Waals surface area (Å²) in [6, 6.07) is 11.1. The predicted molar refractivity (Wildman–Crippen MR) is 110 cm³/mol. The second kappa shape index (κ2) is 7.11. The molecule has 4 rings (SSSR count). The standard InChI is InChI=1S/C21H25N3O4S/c1-21(2)20(25)24(12-15-7-5-4-6-8-15)18-13-23(14-19(18)29(21,26)27)16-9-17(28-3)11-22-10-16/h4-11,18-19H,12-14H2,1-3H3/t18-,19-/m0/s1. The average molecular weight is 416 g/mol. The van der Waals surface area contributed by atoms with Crippen LogP contribution in [0.15, 0.2) is 48.8 Å². The Morgan fingerprint density at radius 1 is 1.24 bits per heavy atom. The van der Waals surface area contributed by atoms with Gasteiger partial charge in [0.15, 0.2) is 5.25 Å². The maximum absolute atomic E-state index is 13.3. The molecule has 1 amide bonds. The molecule has 0 saturated carbocycles. The number of rotatable bonds is 4. The van der Waals surface area contributed by atoms with Gasteiger partial charge in [0.1, 0.15) is 5.75 Å². The van der Waals surface area contributed by atoms with Crippen LogP contribution in [0.2, 0.25) is 0 Å². The van der Waals surface area contributed by atoms with Gasteiger partial charge in [-0.15, -0.1) is 4.21 Å². The number of carbonyl (C=O) groups excluding carboxylic acids is 1. The minimum absolute atomic E-state index is 0.323. The molecule has 2 fully saturated rings. The highest BCUT2D eigenvalue weighted by Crippen LogP contribution is 2.42. The molecule has 8 heteroatoms. The lowest BCUT2D eigenvalue weighted by molar-refractivity contribution is -0.137. The van der Waals surface area contributed by atoms with E-state index in [2.05, 4.69) is 4.98 Å². The number of hydrogen-bond acceptors (Lipinski definition) is 6. The molecular weight excluding hydrogens is 390 g/mol. The van der Waals surface area contributed by atoms with Crippen LogP contribution in [0.25, 0.3) is 0 Å². The summed E-state index contributed by atoms with van der Waals surface area (Å²) in [6.07, 6.45) is 3.30. The van der Waals surface area contributed by atoms with Crippen LogP contribution in [-0.2, 0) is 25.8 Å². The van der Waals surface area contributed by atoms with Gasteiger partial charge >= 0.3 is 0 Å². The Bertz CT molecular complexity index is 965. The number of nitrogens with zero attached hydrogens (tertiary/aromatic N) is 3. The van der Waals surface area contributed by atoms with Gasteiger partial charge in [-0.1, -0.05) is 30.3 Å². The van der Waals surface area contributed by atoms with Crippen LogP contribution in [0.4, 0.5) is 5.69 Å². The van der Waals surface area contributed by atoms with E-state index in [0.29, 0.717) is 25.4 Å². The van der Waals surface area contributed by atoms with Crippen molar-refractivity contribution in [3.63, 3.8) is 0 Å². The van der Waals surface area contributed by atoms with E-state index in [1.807, 2.05) is 41.3 Å². The van der Waals surface area contributed by atoms with Crippen molar-refractivity contribution in [2.75, 3.05) is 25.1 Å². The lowest BCUT2D eigenvalue weighted by atomic mass is 10.1. The number of methoxy groups -OCH3 is 1. The highest BCUT2D eigenvalue weighted by molar-refractivity contribution is 8.00. The van der Waals surface area contributed by atoms with Crippen LogP contribution in [0.5, 0.6) is 5.75 Å². The van der Waals surface area contributed by atoms with Crippen LogP contribution in [0.1, 0.15) is 19.4 Å². The number of carbonyl (C=O) groups is 1. The molecule has 2 aliphatic rings. The van der Waals surface area contributed by atoms with Crippen LogP contribution in [-0.4, -0.2) is 56.6 Å². The van der Waals surface area contributed by atoms with Crippen molar-refractivity contribution in [1.29, 1.82) is 0 Å². The minimum atomic E-state index is -3.65. The fourth-order valence-corrected chi connectivity index (χ4v) is 6.37. The second-order valence-electron chi connectivity index (χ2n) is 8.07. The van der Waals surface area contributed by atoms with Crippen molar-refractivity contribution >= 4 is 21.8 Å². The molecule has 29 heavy (non-hydrogen) atoms. The van der Waals surface area contributed by atoms with E-state index >= 15 is 0 Å². The summed E-state index contributed by atoms with van der Waals surface area (Å²) in [5.74, 6) is 0.269. The summed E-state index contributed by atoms with van der Waals surface area (Å²) in [4.78, 5) is 21.2. The second-order valence-corrected chi connectivity index (χ2v) is 10.8. The largest absolute Gasteiger partial charge is 0.614 e. The van der Waals surface area contributed by atoms with Crippen LogP contribution < -0.4 is 9.64 Å². The zero-order valence-corrected chi connectivity index (χ0v) is 17.6. The molecule has 3 atom stereocenters. The van der Waals surface area contributed by atoms with Gasteiger partial charge in [-0.05, 0) is 19.4 Å². The Morgan fingerprint density at radius 2 is 1.97 bits per heavy atom. The fraction of sp³-hybridized carbons (Fsp3) is 0.429. The first-order valence-corrected chi connectivity index (χ1v) is 11.1. The number of sulfone groups is 1. The number of pyridine rings is 1. The maximum atomic E-state index is 13.3. The predicted octanol–water partition coefficient (Wildman–Crippen LogP) is 2.10. The first-order chi connectivity index (χ1) is 13.8. The van der Waals surface area contributed by atoms with Crippen molar-refractivity contribution in [2.24, 2.45) is 0 Å². The zero-order valence-electron chi connectivity index (χ0n) is 16.8. The molecule has 0 N–H and O–H groups in total. The van der Waals surface area contributed by atoms with Crippen molar-refractivity contribution in [3.8, 4) is 5.75 Å². The molecule has 2 aromatic rings. The maximum Gasteiger partial charge on any atom is 0.278 e.